The van der Waals surface area contributed by atoms with Gasteiger partial charge in [0.15, 0.2) is 11.3 Å². The fourth-order valence-corrected chi connectivity index (χ4v) is 9.80. The third-order valence-corrected chi connectivity index (χ3v) is 12.0. The van der Waals surface area contributed by atoms with Crippen molar-refractivity contribution in [1.29, 1.82) is 0 Å². The molecule has 0 fully saturated rings. The highest BCUT2D eigenvalue weighted by atomic mass is 16.5. The molecule has 0 saturated heterocycles. The van der Waals surface area contributed by atoms with Crippen molar-refractivity contribution in [2.24, 2.45) is 14.1 Å². The third kappa shape index (κ3) is 4.74. The molecule has 0 N–H and O–H groups in total. The quantitative estimate of drug-likeness (QED) is 0.182. The largest absolute Gasteiger partial charge is 0.457 e. The molecule has 0 aliphatic heterocycles. The molecule has 0 unspecified atom stereocenters. The summed E-state index contributed by atoms with van der Waals surface area (Å²) in [6.45, 7) is 13.6. The summed E-state index contributed by atoms with van der Waals surface area (Å²) in [5.74, 6) is 3.26. The first-order valence-corrected chi connectivity index (χ1v) is 18.4. The van der Waals surface area contributed by atoms with Gasteiger partial charge in [-0.1, -0.05) is 39.8 Å². The van der Waals surface area contributed by atoms with Crippen molar-refractivity contribution in [3.63, 3.8) is 0 Å². The second-order valence-electron chi connectivity index (χ2n) is 16.7. The van der Waals surface area contributed by atoms with Crippen molar-refractivity contribution in [1.82, 2.24) is 29.5 Å². The van der Waals surface area contributed by atoms with Crippen molar-refractivity contribution >= 4 is 43.9 Å². The molecular weight excluding hydrogens is 657 g/mol. The van der Waals surface area contributed by atoms with Crippen LogP contribution in [-0.2, 0) is 30.3 Å². The highest BCUT2D eigenvalue weighted by Gasteiger charge is 2.56. The van der Waals surface area contributed by atoms with E-state index < -0.39 is 0 Å². The number of ether oxygens (including phenoxy) is 2. The van der Waals surface area contributed by atoms with Crippen LogP contribution in [0.25, 0.3) is 43.9 Å². The average molecular weight is 699 g/mol. The Morgan fingerprint density at radius 1 is 0.509 bits per heavy atom. The van der Waals surface area contributed by atoms with E-state index in [0.29, 0.717) is 0 Å². The Kier molecular flexibility index (Phi) is 6.42. The molecule has 4 heterocycles. The normalized spacial score (nSPS) is 16.6. The third-order valence-electron chi connectivity index (χ3n) is 12.0. The van der Waals surface area contributed by atoms with Gasteiger partial charge in [-0.25, -0.2) is 9.97 Å². The summed E-state index contributed by atoms with van der Waals surface area (Å²) >= 11 is 0. The first kappa shape index (κ1) is 31.9. The molecule has 4 aromatic heterocycles. The zero-order valence-electron chi connectivity index (χ0n) is 31.5. The maximum absolute atomic E-state index is 6.66. The Morgan fingerprint density at radius 2 is 0.906 bits per heavy atom. The van der Waals surface area contributed by atoms with Gasteiger partial charge in [-0.15, -0.1) is 0 Å². The van der Waals surface area contributed by atoms with Crippen LogP contribution in [0.15, 0.2) is 84.9 Å². The lowest BCUT2D eigenvalue weighted by molar-refractivity contribution is 0.349. The SMILES string of the molecule is Cc1nn(C)c2nc3ccc(Oc4ccc5c(c4)C4(CC5(C)C)CC(C)(C)c5ccc(Oc6ccc7nc8c(cc7c6)c(C)nn8C)cc54)cc3cc12. The predicted octanol–water partition coefficient (Wildman–Crippen LogP) is 10.4. The van der Waals surface area contributed by atoms with Crippen molar-refractivity contribution in [3.8, 4) is 23.0 Å². The van der Waals surface area contributed by atoms with E-state index in [1.54, 1.807) is 0 Å². The van der Waals surface area contributed by atoms with Crippen molar-refractivity contribution < 1.29 is 9.47 Å². The molecule has 1 spiro atoms. The highest BCUT2D eigenvalue weighted by molar-refractivity contribution is 5.94. The molecule has 0 amide bonds. The summed E-state index contributed by atoms with van der Waals surface area (Å²) in [4.78, 5) is 9.77. The minimum Gasteiger partial charge on any atom is -0.457 e. The number of nitrogens with zero attached hydrogens (tertiary/aromatic N) is 6. The van der Waals surface area contributed by atoms with Gasteiger partial charge in [0.1, 0.15) is 23.0 Å². The number of rotatable bonds is 4. The number of benzene rings is 4. The monoisotopic (exact) mass is 698 g/mol. The average Bonchev–Trinajstić information content (AvgIpc) is 3.72. The maximum atomic E-state index is 6.66. The Balaban J connectivity index is 1.02. The van der Waals surface area contributed by atoms with Crippen molar-refractivity contribution in [2.45, 2.75) is 70.6 Å². The van der Waals surface area contributed by atoms with Gasteiger partial charge in [-0.3, -0.25) is 9.36 Å². The van der Waals surface area contributed by atoms with Crippen LogP contribution in [0.5, 0.6) is 23.0 Å². The zero-order valence-corrected chi connectivity index (χ0v) is 31.5. The minimum absolute atomic E-state index is 0.00884. The van der Waals surface area contributed by atoms with Gasteiger partial charge in [0.2, 0.25) is 0 Å². The van der Waals surface area contributed by atoms with Crippen molar-refractivity contribution in [3.05, 3.63) is 119 Å². The molecule has 4 aromatic carbocycles. The summed E-state index contributed by atoms with van der Waals surface area (Å²) in [5.41, 5.74) is 10.8. The maximum Gasteiger partial charge on any atom is 0.158 e. The van der Waals surface area contributed by atoms with Crippen LogP contribution in [-0.4, -0.2) is 29.5 Å². The van der Waals surface area contributed by atoms with Crippen LogP contribution >= 0.6 is 0 Å². The molecule has 0 radical (unpaired) electrons. The molecular formula is C45H42N6O2. The number of aromatic nitrogens is 6. The van der Waals surface area contributed by atoms with Gasteiger partial charge in [0.25, 0.3) is 0 Å². The summed E-state index contributed by atoms with van der Waals surface area (Å²) in [7, 11) is 3.88. The first-order valence-electron chi connectivity index (χ1n) is 18.4. The van der Waals surface area contributed by atoms with Gasteiger partial charge >= 0.3 is 0 Å². The first-order chi connectivity index (χ1) is 25.3. The molecule has 0 saturated carbocycles. The second kappa shape index (κ2) is 10.7. The van der Waals surface area contributed by atoms with Crippen LogP contribution in [0, 0.1) is 13.8 Å². The van der Waals surface area contributed by atoms with E-state index in [1.165, 1.54) is 22.3 Å². The standard InChI is InChI=1S/C45H42N6O2/c1-25-33-19-27-17-29(11-15-39(27)46-41(33)50(7)48-25)52-31-9-13-35-37(21-31)45(23-43(35,3)4)24-44(5,6)36-14-10-32(22-38(36)45)53-30-12-16-40-28(18-30)20-34-26(2)49-51(8)42(34)47-40/h9-22H,23-24H2,1-8H3. The molecule has 2 aliphatic carbocycles. The second-order valence-corrected chi connectivity index (χ2v) is 16.7. The van der Waals surface area contributed by atoms with E-state index in [2.05, 4.69) is 98.6 Å². The molecule has 0 atom stereocenters. The van der Waals surface area contributed by atoms with Crippen LogP contribution in [0.1, 0.15) is 74.2 Å². The van der Waals surface area contributed by atoms with E-state index in [-0.39, 0.29) is 16.2 Å². The molecule has 8 aromatic rings. The van der Waals surface area contributed by atoms with E-state index >= 15 is 0 Å². The lowest BCUT2D eigenvalue weighted by atomic mass is 9.72. The van der Waals surface area contributed by atoms with Crippen LogP contribution in [0.2, 0.25) is 0 Å². The van der Waals surface area contributed by atoms with Crippen LogP contribution in [0.4, 0.5) is 0 Å². The fourth-order valence-electron chi connectivity index (χ4n) is 9.80. The van der Waals surface area contributed by atoms with Gasteiger partial charge in [0, 0.05) is 41.1 Å². The Hall–Kier alpha value is -5.76. The fraction of sp³-hybridized carbons (Fsp3) is 0.289. The minimum atomic E-state index is -0.177. The van der Waals surface area contributed by atoms with E-state index in [4.69, 9.17) is 19.4 Å². The number of hydrogen-bond donors (Lipinski definition) is 0. The lowest BCUT2D eigenvalue weighted by Crippen LogP contribution is -2.27. The van der Waals surface area contributed by atoms with Gasteiger partial charge < -0.3 is 9.47 Å². The van der Waals surface area contributed by atoms with Gasteiger partial charge in [-0.05, 0) is 133 Å². The number of aryl methyl sites for hydroxylation is 4. The lowest BCUT2D eigenvalue weighted by Gasteiger charge is -2.30. The van der Waals surface area contributed by atoms with Crippen molar-refractivity contribution in [2.75, 3.05) is 0 Å². The molecule has 2 aliphatic rings. The Bertz CT molecular complexity index is 2660. The van der Waals surface area contributed by atoms with Gasteiger partial charge in [-0.2, -0.15) is 10.2 Å². The summed E-state index contributed by atoms with van der Waals surface area (Å²) in [5, 5.41) is 13.3. The number of fused-ring (bicyclic) bond motifs is 8. The smallest absolute Gasteiger partial charge is 0.158 e. The molecule has 264 valence electrons. The molecule has 10 rings (SSSR count). The topological polar surface area (TPSA) is 79.9 Å². The summed E-state index contributed by atoms with van der Waals surface area (Å²) < 4.78 is 17.0. The predicted molar refractivity (Wildman–Crippen MR) is 211 cm³/mol. The Labute approximate surface area is 308 Å². The Morgan fingerprint density at radius 3 is 1.34 bits per heavy atom. The van der Waals surface area contributed by atoms with E-state index in [9.17, 15) is 0 Å². The van der Waals surface area contributed by atoms with Crippen LogP contribution in [0.3, 0.4) is 0 Å². The van der Waals surface area contributed by atoms with Crippen LogP contribution < -0.4 is 9.47 Å². The molecule has 53 heavy (non-hydrogen) atoms. The number of pyridine rings is 2. The highest BCUT2D eigenvalue weighted by Crippen LogP contribution is 2.63. The molecule has 0 bridgehead atoms. The number of hydrogen-bond acceptors (Lipinski definition) is 6. The van der Waals surface area contributed by atoms with E-state index in [0.717, 1.165) is 91.1 Å². The van der Waals surface area contributed by atoms with Gasteiger partial charge in [0.05, 0.1) is 22.4 Å². The summed E-state index contributed by atoms with van der Waals surface area (Å²) in [6, 6.07) is 30.1. The molecule has 8 heteroatoms. The van der Waals surface area contributed by atoms with E-state index in [1.807, 2.05) is 61.6 Å². The zero-order chi connectivity index (χ0) is 36.6. The molecule has 8 nitrogen and oxygen atoms in total. The summed E-state index contributed by atoms with van der Waals surface area (Å²) in [6.07, 6.45) is 2.03.